The summed E-state index contributed by atoms with van der Waals surface area (Å²) < 4.78 is 49.2. The lowest BCUT2D eigenvalue weighted by atomic mass is 10.1. The van der Waals surface area contributed by atoms with Crippen LogP contribution in [0.5, 0.6) is 0 Å². The molecule has 1 heterocycles. The summed E-state index contributed by atoms with van der Waals surface area (Å²) in [5, 5.41) is 3.01. The Morgan fingerprint density at radius 1 is 1.17 bits per heavy atom. The van der Waals surface area contributed by atoms with Gasteiger partial charge in [-0.25, -0.2) is 17.2 Å². The number of benzene rings is 1. The molecule has 1 saturated heterocycles. The summed E-state index contributed by atoms with van der Waals surface area (Å²) >= 11 is 0. The maximum Gasteiger partial charge on any atom is 0.150 e. The van der Waals surface area contributed by atoms with Crippen LogP contribution in [0.3, 0.4) is 0 Å². The molecule has 1 fully saturated rings. The van der Waals surface area contributed by atoms with Crippen molar-refractivity contribution in [1.29, 1.82) is 0 Å². The van der Waals surface area contributed by atoms with Gasteiger partial charge in [0.05, 0.1) is 11.5 Å². The zero-order chi connectivity index (χ0) is 13.2. The third kappa shape index (κ3) is 3.26. The Morgan fingerprint density at radius 2 is 1.72 bits per heavy atom. The van der Waals surface area contributed by atoms with Gasteiger partial charge in [-0.3, -0.25) is 0 Å². The summed E-state index contributed by atoms with van der Waals surface area (Å²) in [5.41, 5.74) is 0.00549. The molecule has 18 heavy (non-hydrogen) atoms. The normalized spacial score (nSPS) is 19.9. The quantitative estimate of drug-likeness (QED) is 0.912. The average Bonchev–Trinajstić information content (AvgIpc) is 2.30. The summed E-state index contributed by atoms with van der Waals surface area (Å²) in [7, 11) is -2.90. The van der Waals surface area contributed by atoms with Crippen molar-refractivity contribution in [1.82, 2.24) is 5.32 Å². The Hall–Kier alpha value is -1.01. The number of hydrogen-bond acceptors (Lipinski definition) is 3. The van der Waals surface area contributed by atoms with E-state index >= 15 is 0 Å². The van der Waals surface area contributed by atoms with Crippen LogP contribution >= 0.6 is 0 Å². The Kier molecular flexibility index (Phi) is 3.97. The Labute approximate surface area is 105 Å². The molecule has 0 aliphatic carbocycles. The largest absolute Gasteiger partial charge is 0.310 e. The van der Waals surface area contributed by atoms with Gasteiger partial charge in [0, 0.05) is 18.2 Å². The molecule has 0 amide bonds. The Morgan fingerprint density at radius 3 is 2.28 bits per heavy atom. The van der Waals surface area contributed by atoms with Gasteiger partial charge in [0.2, 0.25) is 0 Å². The van der Waals surface area contributed by atoms with E-state index in [0.717, 1.165) is 0 Å². The van der Waals surface area contributed by atoms with Crippen LogP contribution < -0.4 is 5.32 Å². The number of halogens is 2. The van der Waals surface area contributed by atoms with Crippen LogP contribution in [-0.2, 0) is 16.4 Å². The molecule has 0 radical (unpaired) electrons. The van der Waals surface area contributed by atoms with E-state index in [1.54, 1.807) is 0 Å². The SMILES string of the molecule is O=S1(=O)CCC(NCc2c(F)cccc2F)CC1. The summed E-state index contributed by atoms with van der Waals surface area (Å²) in [6, 6.07) is 3.76. The number of nitrogens with one attached hydrogen (secondary N) is 1. The second-order valence-electron chi connectivity index (χ2n) is 4.51. The number of sulfone groups is 1. The fourth-order valence-electron chi connectivity index (χ4n) is 2.04. The predicted molar refractivity (Wildman–Crippen MR) is 64.9 cm³/mol. The molecule has 2 rings (SSSR count). The average molecular weight is 275 g/mol. The van der Waals surface area contributed by atoms with E-state index in [1.165, 1.54) is 18.2 Å². The van der Waals surface area contributed by atoms with Crippen LogP contribution in [-0.4, -0.2) is 26.0 Å². The topological polar surface area (TPSA) is 46.2 Å². The fourth-order valence-corrected chi connectivity index (χ4v) is 3.53. The molecule has 1 aliphatic rings. The van der Waals surface area contributed by atoms with Crippen molar-refractivity contribution in [2.75, 3.05) is 11.5 Å². The van der Waals surface area contributed by atoms with E-state index in [9.17, 15) is 17.2 Å². The molecule has 0 unspecified atom stereocenters. The summed E-state index contributed by atoms with van der Waals surface area (Å²) in [5.74, 6) is -0.869. The maximum atomic E-state index is 13.4. The molecule has 1 aliphatic heterocycles. The first kappa shape index (κ1) is 13.4. The van der Waals surface area contributed by atoms with Crippen molar-refractivity contribution in [3.63, 3.8) is 0 Å². The van der Waals surface area contributed by atoms with Gasteiger partial charge in [-0.05, 0) is 25.0 Å². The molecule has 0 aromatic heterocycles. The van der Waals surface area contributed by atoms with Gasteiger partial charge >= 0.3 is 0 Å². The summed E-state index contributed by atoms with van der Waals surface area (Å²) in [6.45, 7) is 0.0865. The molecule has 1 aromatic carbocycles. The van der Waals surface area contributed by atoms with Crippen molar-refractivity contribution >= 4 is 9.84 Å². The lowest BCUT2D eigenvalue weighted by molar-refractivity contribution is 0.447. The smallest absolute Gasteiger partial charge is 0.150 e. The van der Waals surface area contributed by atoms with Crippen molar-refractivity contribution in [2.45, 2.75) is 25.4 Å². The highest BCUT2D eigenvalue weighted by Gasteiger charge is 2.23. The van der Waals surface area contributed by atoms with Crippen LogP contribution in [0.4, 0.5) is 8.78 Å². The maximum absolute atomic E-state index is 13.4. The molecule has 1 N–H and O–H groups in total. The van der Waals surface area contributed by atoms with Crippen molar-refractivity contribution < 1.29 is 17.2 Å². The van der Waals surface area contributed by atoms with Gasteiger partial charge in [0.1, 0.15) is 21.5 Å². The highest BCUT2D eigenvalue weighted by Crippen LogP contribution is 2.15. The Balaban J connectivity index is 1.93. The van der Waals surface area contributed by atoms with Gasteiger partial charge in [-0.1, -0.05) is 6.07 Å². The van der Waals surface area contributed by atoms with Crippen molar-refractivity contribution in [3.05, 3.63) is 35.4 Å². The van der Waals surface area contributed by atoms with Crippen LogP contribution in [0, 0.1) is 11.6 Å². The van der Waals surface area contributed by atoms with E-state index in [4.69, 9.17) is 0 Å². The van der Waals surface area contributed by atoms with Crippen molar-refractivity contribution in [3.8, 4) is 0 Å². The van der Waals surface area contributed by atoms with Crippen molar-refractivity contribution in [2.24, 2.45) is 0 Å². The Bertz CT molecular complexity index is 497. The molecule has 0 bridgehead atoms. The van der Waals surface area contributed by atoms with Gasteiger partial charge < -0.3 is 5.32 Å². The second-order valence-corrected chi connectivity index (χ2v) is 6.81. The molecule has 0 saturated carbocycles. The van der Waals surface area contributed by atoms with Gasteiger partial charge in [-0.2, -0.15) is 0 Å². The van der Waals surface area contributed by atoms with Crippen LogP contribution in [0.2, 0.25) is 0 Å². The number of rotatable bonds is 3. The molecule has 0 spiro atoms. The minimum atomic E-state index is -2.90. The minimum Gasteiger partial charge on any atom is -0.310 e. The highest BCUT2D eigenvalue weighted by molar-refractivity contribution is 7.91. The number of hydrogen-bond donors (Lipinski definition) is 1. The molecule has 6 heteroatoms. The van der Waals surface area contributed by atoms with Gasteiger partial charge in [0.15, 0.2) is 0 Å². The predicted octanol–water partition coefficient (Wildman–Crippen LogP) is 1.63. The zero-order valence-electron chi connectivity index (χ0n) is 9.83. The second kappa shape index (κ2) is 5.32. The molecule has 1 aromatic rings. The van der Waals surface area contributed by atoms with Gasteiger partial charge in [0.25, 0.3) is 0 Å². The van der Waals surface area contributed by atoms with E-state index in [0.29, 0.717) is 12.8 Å². The highest BCUT2D eigenvalue weighted by atomic mass is 32.2. The first-order chi connectivity index (χ1) is 8.48. The van der Waals surface area contributed by atoms with E-state index in [1.807, 2.05) is 0 Å². The minimum absolute atomic E-state index is 0.00549. The fraction of sp³-hybridized carbons (Fsp3) is 0.500. The standard InChI is InChI=1S/C12H15F2NO2S/c13-11-2-1-3-12(14)10(11)8-15-9-4-6-18(16,17)7-5-9/h1-3,9,15H,4-8H2. The first-order valence-electron chi connectivity index (χ1n) is 5.84. The van der Waals surface area contributed by atoms with Crippen LogP contribution in [0.1, 0.15) is 18.4 Å². The van der Waals surface area contributed by atoms with E-state index in [2.05, 4.69) is 5.32 Å². The van der Waals surface area contributed by atoms with Crippen LogP contribution in [0.25, 0.3) is 0 Å². The van der Waals surface area contributed by atoms with Crippen LogP contribution in [0.15, 0.2) is 18.2 Å². The van der Waals surface area contributed by atoms with E-state index in [-0.39, 0.29) is 29.7 Å². The molecule has 100 valence electrons. The van der Waals surface area contributed by atoms with Gasteiger partial charge in [-0.15, -0.1) is 0 Å². The third-order valence-corrected chi connectivity index (χ3v) is 4.90. The molecular weight excluding hydrogens is 260 g/mol. The summed E-state index contributed by atoms with van der Waals surface area (Å²) in [6.07, 6.45) is 0.997. The van der Waals surface area contributed by atoms with E-state index < -0.39 is 21.5 Å². The monoisotopic (exact) mass is 275 g/mol. The lowest BCUT2D eigenvalue weighted by Crippen LogP contribution is -2.37. The molecule has 3 nitrogen and oxygen atoms in total. The zero-order valence-corrected chi connectivity index (χ0v) is 10.6. The lowest BCUT2D eigenvalue weighted by Gasteiger charge is -2.23. The third-order valence-electron chi connectivity index (χ3n) is 3.18. The molecule has 0 atom stereocenters. The first-order valence-corrected chi connectivity index (χ1v) is 7.67. The summed E-state index contributed by atoms with van der Waals surface area (Å²) in [4.78, 5) is 0. The molecular formula is C12H15F2NO2S.